The zero-order valence-corrected chi connectivity index (χ0v) is 10.4. The molecule has 2 aliphatic carbocycles. The molecule has 2 rings (SSSR count). The summed E-state index contributed by atoms with van der Waals surface area (Å²) in [6.07, 6.45) is 4.54. The number of hydrogen-bond acceptors (Lipinski definition) is 1. The Morgan fingerprint density at radius 3 is 2.53 bits per heavy atom. The summed E-state index contributed by atoms with van der Waals surface area (Å²) in [5.74, 6) is 1.02. The molecule has 15 heavy (non-hydrogen) atoms. The number of nitrogens with one attached hydrogen (secondary N) is 1. The first-order valence-electron chi connectivity index (χ1n) is 6.19. The molecular formula is C13H23NO. The molecule has 2 saturated carbocycles. The molecular weight excluding hydrogens is 186 g/mol. The van der Waals surface area contributed by atoms with Gasteiger partial charge in [0.25, 0.3) is 0 Å². The van der Waals surface area contributed by atoms with Crippen LogP contribution in [0, 0.1) is 16.7 Å². The van der Waals surface area contributed by atoms with Crippen molar-refractivity contribution in [3.05, 3.63) is 0 Å². The van der Waals surface area contributed by atoms with E-state index in [2.05, 4.69) is 26.1 Å². The number of amides is 1. The fourth-order valence-corrected chi connectivity index (χ4v) is 3.93. The van der Waals surface area contributed by atoms with Crippen LogP contribution in [-0.2, 0) is 4.79 Å². The smallest absolute Gasteiger partial charge is 0.219 e. The van der Waals surface area contributed by atoms with E-state index in [0.29, 0.717) is 17.9 Å². The third-order valence-electron chi connectivity index (χ3n) is 4.90. The first-order valence-corrected chi connectivity index (χ1v) is 6.19. The quantitative estimate of drug-likeness (QED) is 0.744. The highest BCUT2D eigenvalue weighted by atomic mass is 16.1. The second-order valence-corrected chi connectivity index (χ2v) is 6.27. The van der Waals surface area contributed by atoms with Crippen LogP contribution in [0.2, 0.25) is 0 Å². The Kier molecular flexibility index (Phi) is 2.36. The molecule has 2 fully saturated rings. The molecule has 0 saturated heterocycles. The second kappa shape index (κ2) is 3.23. The minimum Gasteiger partial charge on any atom is -0.352 e. The van der Waals surface area contributed by atoms with Crippen molar-refractivity contribution in [2.24, 2.45) is 16.7 Å². The van der Waals surface area contributed by atoms with Crippen molar-refractivity contribution < 1.29 is 4.79 Å². The van der Waals surface area contributed by atoms with Crippen LogP contribution in [0.1, 0.15) is 53.4 Å². The standard InChI is InChI=1S/C13H23NO/c1-5-10(15)14-11-12(2,3)9-6-7-13(11,4)8-9/h9,11H,5-8H2,1-4H3,(H,14,15). The molecule has 2 nitrogen and oxygen atoms in total. The van der Waals surface area contributed by atoms with E-state index in [-0.39, 0.29) is 11.3 Å². The van der Waals surface area contributed by atoms with Gasteiger partial charge in [0, 0.05) is 12.5 Å². The van der Waals surface area contributed by atoms with Crippen LogP contribution in [0.25, 0.3) is 0 Å². The highest BCUT2D eigenvalue weighted by Crippen LogP contribution is 2.62. The molecule has 0 aromatic carbocycles. The van der Waals surface area contributed by atoms with Gasteiger partial charge in [-0.15, -0.1) is 0 Å². The van der Waals surface area contributed by atoms with E-state index >= 15 is 0 Å². The third-order valence-corrected chi connectivity index (χ3v) is 4.90. The van der Waals surface area contributed by atoms with Crippen molar-refractivity contribution in [3.8, 4) is 0 Å². The summed E-state index contributed by atoms with van der Waals surface area (Å²) in [5.41, 5.74) is 0.650. The number of fused-ring (bicyclic) bond motifs is 2. The molecule has 0 aliphatic heterocycles. The monoisotopic (exact) mass is 209 g/mol. The fraction of sp³-hybridized carbons (Fsp3) is 0.923. The van der Waals surface area contributed by atoms with Crippen LogP contribution in [0.3, 0.4) is 0 Å². The second-order valence-electron chi connectivity index (χ2n) is 6.27. The normalized spacial score (nSPS) is 41.9. The zero-order valence-electron chi connectivity index (χ0n) is 10.4. The maximum absolute atomic E-state index is 11.6. The number of hydrogen-bond donors (Lipinski definition) is 1. The highest BCUT2D eigenvalue weighted by Gasteiger charge is 2.59. The van der Waals surface area contributed by atoms with Gasteiger partial charge in [0.05, 0.1) is 0 Å². The van der Waals surface area contributed by atoms with Gasteiger partial charge in [-0.3, -0.25) is 4.79 Å². The van der Waals surface area contributed by atoms with Crippen LogP contribution in [0.4, 0.5) is 0 Å². The van der Waals surface area contributed by atoms with Gasteiger partial charge >= 0.3 is 0 Å². The maximum Gasteiger partial charge on any atom is 0.219 e. The minimum absolute atomic E-state index is 0.210. The van der Waals surface area contributed by atoms with Crippen LogP contribution in [0.5, 0.6) is 0 Å². The van der Waals surface area contributed by atoms with E-state index in [0.717, 1.165) is 5.92 Å². The number of carbonyl (C=O) groups is 1. The summed E-state index contributed by atoms with van der Waals surface area (Å²) in [6.45, 7) is 8.92. The zero-order chi connectivity index (χ0) is 11.3. The van der Waals surface area contributed by atoms with Crippen molar-refractivity contribution in [1.82, 2.24) is 5.32 Å². The lowest BCUT2D eigenvalue weighted by Gasteiger charge is -2.43. The minimum atomic E-state index is 0.210. The summed E-state index contributed by atoms with van der Waals surface area (Å²) in [7, 11) is 0. The molecule has 2 bridgehead atoms. The van der Waals surface area contributed by atoms with E-state index in [4.69, 9.17) is 0 Å². The molecule has 3 unspecified atom stereocenters. The number of carbonyl (C=O) groups excluding carboxylic acids is 1. The van der Waals surface area contributed by atoms with E-state index in [1.807, 2.05) is 6.92 Å². The molecule has 86 valence electrons. The summed E-state index contributed by atoms with van der Waals surface area (Å²) >= 11 is 0. The molecule has 0 aromatic rings. The van der Waals surface area contributed by atoms with Crippen LogP contribution < -0.4 is 5.32 Å². The lowest BCUT2D eigenvalue weighted by atomic mass is 9.68. The van der Waals surface area contributed by atoms with Crippen molar-refractivity contribution in [1.29, 1.82) is 0 Å². The Balaban J connectivity index is 2.19. The summed E-state index contributed by atoms with van der Waals surface area (Å²) in [5, 5.41) is 3.25. The van der Waals surface area contributed by atoms with Gasteiger partial charge < -0.3 is 5.32 Å². The molecule has 0 aromatic heterocycles. The first-order chi connectivity index (χ1) is 6.90. The summed E-state index contributed by atoms with van der Waals surface area (Å²) < 4.78 is 0. The molecule has 2 heteroatoms. The van der Waals surface area contributed by atoms with Gasteiger partial charge in [-0.05, 0) is 36.0 Å². The van der Waals surface area contributed by atoms with E-state index in [1.54, 1.807) is 0 Å². The Hall–Kier alpha value is -0.530. The molecule has 3 atom stereocenters. The van der Waals surface area contributed by atoms with Gasteiger partial charge in [-0.2, -0.15) is 0 Å². The van der Waals surface area contributed by atoms with Crippen LogP contribution in [0.15, 0.2) is 0 Å². The van der Waals surface area contributed by atoms with Gasteiger partial charge in [0.1, 0.15) is 0 Å². The van der Waals surface area contributed by atoms with Crippen molar-refractivity contribution in [2.45, 2.75) is 59.4 Å². The molecule has 2 aliphatic rings. The SMILES string of the molecule is CCC(=O)NC1C2(C)CCC(C2)C1(C)C. The fourth-order valence-electron chi connectivity index (χ4n) is 3.93. The van der Waals surface area contributed by atoms with Gasteiger partial charge in [0.2, 0.25) is 5.91 Å². The first kappa shape index (κ1) is 11.0. The van der Waals surface area contributed by atoms with Crippen molar-refractivity contribution >= 4 is 5.91 Å². The molecule has 0 heterocycles. The Morgan fingerprint density at radius 1 is 1.40 bits per heavy atom. The average Bonchev–Trinajstić information content (AvgIpc) is 2.63. The third kappa shape index (κ3) is 1.49. The molecule has 1 amide bonds. The Labute approximate surface area is 92.8 Å². The largest absolute Gasteiger partial charge is 0.352 e. The lowest BCUT2D eigenvalue weighted by Crippen LogP contribution is -2.52. The van der Waals surface area contributed by atoms with E-state index in [9.17, 15) is 4.79 Å². The van der Waals surface area contributed by atoms with Crippen LogP contribution in [-0.4, -0.2) is 11.9 Å². The van der Waals surface area contributed by atoms with Gasteiger partial charge in [-0.25, -0.2) is 0 Å². The maximum atomic E-state index is 11.6. The van der Waals surface area contributed by atoms with E-state index < -0.39 is 0 Å². The molecule has 1 N–H and O–H groups in total. The number of rotatable bonds is 2. The average molecular weight is 209 g/mol. The van der Waals surface area contributed by atoms with Gasteiger partial charge in [0.15, 0.2) is 0 Å². The topological polar surface area (TPSA) is 29.1 Å². The lowest BCUT2D eigenvalue weighted by molar-refractivity contribution is -0.123. The Morgan fingerprint density at radius 2 is 2.07 bits per heavy atom. The predicted octanol–water partition coefficient (Wildman–Crippen LogP) is 2.73. The van der Waals surface area contributed by atoms with Gasteiger partial charge in [-0.1, -0.05) is 27.7 Å². The highest BCUT2D eigenvalue weighted by molar-refractivity contribution is 5.76. The van der Waals surface area contributed by atoms with Crippen LogP contribution >= 0.6 is 0 Å². The predicted molar refractivity (Wildman–Crippen MR) is 61.5 cm³/mol. The summed E-state index contributed by atoms with van der Waals surface area (Å²) in [6, 6.07) is 0.385. The Bertz CT molecular complexity index is 280. The van der Waals surface area contributed by atoms with E-state index in [1.165, 1.54) is 19.3 Å². The van der Waals surface area contributed by atoms with Crippen molar-refractivity contribution in [3.63, 3.8) is 0 Å². The van der Waals surface area contributed by atoms with Crippen molar-refractivity contribution in [2.75, 3.05) is 0 Å². The molecule has 0 radical (unpaired) electrons. The summed E-state index contributed by atoms with van der Waals surface area (Å²) in [4.78, 5) is 11.6. The molecule has 0 spiro atoms.